The van der Waals surface area contributed by atoms with Gasteiger partial charge in [0.15, 0.2) is 5.76 Å². The Morgan fingerprint density at radius 2 is 1.79 bits per heavy atom. The van der Waals surface area contributed by atoms with Crippen molar-refractivity contribution in [2.24, 2.45) is 0 Å². The lowest BCUT2D eigenvalue weighted by molar-refractivity contribution is 0.0948. The van der Waals surface area contributed by atoms with Crippen LogP contribution in [0, 0.1) is 13.8 Å². The number of oxazole rings is 1. The molecule has 9 nitrogen and oxygen atoms in total. The maximum Gasteiger partial charge on any atom is 0.291 e. The largest absolute Gasteiger partial charge is 0.453 e. The molecule has 0 radical (unpaired) electrons. The van der Waals surface area contributed by atoms with Crippen molar-refractivity contribution in [3.63, 3.8) is 0 Å². The second kappa shape index (κ2) is 10.1. The predicted octanol–water partition coefficient (Wildman–Crippen LogP) is 4.28. The van der Waals surface area contributed by atoms with E-state index < -0.39 is 0 Å². The number of benzene rings is 1. The number of hydrogen-bond acceptors (Lipinski definition) is 7. The molecule has 0 aliphatic rings. The number of aromatic nitrogens is 2. The molecule has 34 heavy (non-hydrogen) atoms. The van der Waals surface area contributed by atoms with Gasteiger partial charge in [0, 0.05) is 30.3 Å². The first kappa shape index (κ1) is 22.9. The van der Waals surface area contributed by atoms with Gasteiger partial charge in [-0.25, -0.2) is 4.98 Å². The Balaban J connectivity index is 1.39. The topological polar surface area (TPSA) is 119 Å². The van der Waals surface area contributed by atoms with Gasteiger partial charge in [-0.1, -0.05) is 0 Å². The quantitative estimate of drug-likeness (QED) is 0.403. The van der Waals surface area contributed by atoms with Crippen molar-refractivity contribution in [1.29, 1.82) is 0 Å². The first-order valence-corrected chi connectivity index (χ1v) is 10.6. The highest BCUT2D eigenvalue weighted by atomic mass is 16.5. The highest BCUT2D eigenvalue weighted by molar-refractivity contribution is 6.02. The summed E-state index contributed by atoms with van der Waals surface area (Å²) in [6.45, 7) is 4.11. The van der Waals surface area contributed by atoms with Gasteiger partial charge in [-0.15, -0.1) is 0 Å². The SMILES string of the molecule is COCc1ccc(C(=O)Nc2ccc(-c3nc(CNC(=O)c4cccnc4C)c(C)o3)cc2)o1. The number of carbonyl (C=O) groups excluding carboxylic acids is 2. The van der Waals surface area contributed by atoms with Crippen molar-refractivity contribution in [1.82, 2.24) is 15.3 Å². The van der Waals surface area contributed by atoms with E-state index in [1.165, 1.54) is 0 Å². The summed E-state index contributed by atoms with van der Waals surface area (Å²) in [5, 5.41) is 5.64. The second-order valence-electron chi connectivity index (χ2n) is 7.57. The highest BCUT2D eigenvalue weighted by Gasteiger charge is 2.15. The molecule has 4 rings (SSSR count). The number of rotatable bonds is 8. The third-order valence-electron chi connectivity index (χ3n) is 5.12. The summed E-state index contributed by atoms with van der Waals surface area (Å²) >= 11 is 0. The standard InChI is InChI=1S/C25H24N4O5/c1-15-20(5-4-12-26-15)23(30)27-13-21-16(2)33-25(29-21)17-6-8-18(9-7-17)28-24(31)22-11-10-19(34-22)14-32-3/h4-12H,13-14H2,1-3H3,(H,27,30)(H,28,31). The molecule has 0 aliphatic heterocycles. The molecule has 0 saturated carbocycles. The number of carbonyl (C=O) groups is 2. The maximum absolute atomic E-state index is 12.4. The van der Waals surface area contributed by atoms with Crippen molar-refractivity contribution < 1.29 is 23.2 Å². The van der Waals surface area contributed by atoms with Crippen LogP contribution in [0.1, 0.15) is 43.8 Å². The number of ether oxygens (including phenoxy) is 1. The Morgan fingerprint density at radius 3 is 2.53 bits per heavy atom. The van der Waals surface area contributed by atoms with Crippen LogP contribution in [0.4, 0.5) is 5.69 Å². The lowest BCUT2D eigenvalue weighted by Crippen LogP contribution is -2.24. The van der Waals surface area contributed by atoms with Gasteiger partial charge in [0.2, 0.25) is 5.89 Å². The van der Waals surface area contributed by atoms with Gasteiger partial charge < -0.3 is 24.2 Å². The lowest BCUT2D eigenvalue weighted by Gasteiger charge is -2.05. The summed E-state index contributed by atoms with van der Waals surface area (Å²) in [5.74, 6) is 1.23. The van der Waals surface area contributed by atoms with Gasteiger partial charge in [-0.3, -0.25) is 14.6 Å². The molecule has 0 atom stereocenters. The minimum atomic E-state index is -0.357. The minimum Gasteiger partial charge on any atom is -0.453 e. The van der Waals surface area contributed by atoms with E-state index in [1.807, 2.05) is 0 Å². The zero-order valence-corrected chi connectivity index (χ0v) is 19.0. The van der Waals surface area contributed by atoms with E-state index in [-0.39, 0.29) is 24.1 Å². The Morgan fingerprint density at radius 1 is 1.00 bits per heavy atom. The molecular weight excluding hydrogens is 436 g/mol. The minimum absolute atomic E-state index is 0.201. The van der Waals surface area contributed by atoms with Crippen LogP contribution in [0.2, 0.25) is 0 Å². The molecule has 3 heterocycles. The number of methoxy groups -OCH3 is 1. The van der Waals surface area contributed by atoms with E-state index in [4.69, 9.17) is 13.6 Å². The smallest absolute Gasteiger partial charge is 0.291 e. The Bertz CT molecular complexity index is 1310. The van der Waals surface area contributed by atoms with E-state index in [1.54, 1.807) is 75.7 Å². The van der Waals surface area contributed by atoms with Crippen LogP contribution in [0.25, 0.3) is 11.5 Å². The first-order valence-electron chi connectivity index (χ1n) is 10.6. The van der Waals surface area contributed by atoms with Gasteiger partial charge in [0.05, 0.1) is 12.1 Å². The zero-order chi connectivity index (χ0) is 24.1. The summed E-state index contributed by atoms with van der Waals surface area (Å²) in [4.78, 5) is 33.5. The molecule has 2 amide bonds. The van der Waals surface area contributed by atoms with E-state index in [0.29, 0.717) is 46.7 Å². The van der Waals surface area contributed by atoms with Gasteiger partial charge in [0.25, 0.3) is 11.8 Å². The monoisotopic (exact) mass is 460 g/mol. The van der Waals surface area contributed by atoms with E-state index in [2.05, 4.69) is 20.6 Å². The van der Waals surface area contributed by atoms with Gasteiger partial charge in [-0.05, 0) is 62.4 Å². The zero-order valence-electron chi connectivity index (χ0n) is 19.0. The molecule has 0 unspecified atom stereocenters. The summed E-state index contributed by atoms with van der Waals surface area (Å²) in [6, 6.07) is 13.8. The third kappa shape index (κ3) is 5.21. The van der Waals surface area contributed by atoms with Crippen molar-refractivity contribution in [2.45, 2.75) is 27.0 Å². The van der Waals surface area contributed by atoms with Crippen LogP contribution in [0.3, 0.4) is 0 Å². The molecule has 0 bridgehead atoms. The van der Waals surface area contributed by atoms with Crippen molar-refractivity contribution in [3.8, 4) is 11.5 Å². The Hall–Kier alpha value is -4.24. The average molecular weight is 460 g/mol. The number of nitrogens with one attached hydrogen (secondary N) is 2. The summed E-state index contributed by atoms with van der Waals surface area (Å²) in [6.07, 6.45) is 1.65. The molecule has 0 fully saturated rings. The number of amides is 2. The van der Waals surface area contributed by atoms with E-state index in [0.717, 1.165) is 5.56 Å². The molecule has 4 aromatic rings. The fourth-order valence-corrected chi connectivity index (χ4v) is 3.31. The lowest BCUT2D eigenvalue weighted by atomic mass is 10.2. The van der Waals surface area contributed by atoms with Crippen LogP contribution in [0.15, 0.2) is 63.6 Å². The van der Waals surface area contributed by atoms with Gasteiger partial charge >= 0.3 is 0 Å². The molecule has 3 aromatic heterocycles. The van der Waals surface area contributed by atoms with E-state index in [9.17, 15) is 9.59 Å². The molecule has 0 saturated heterocycles. The van der Waals surface area contributed by atoms with Crippen LogP contribution < -0.4 is 10.6 Å². The highest BCUT2D eigenvalue weighted by Crippen LogP contribution is 2.24. The van der Waals surface area contributed by atoms with Crippen molar-refractivity contribution >= 4 is 17.5 Å². The molecular formula is C25H24N4O5. The van der Waals surface area contributed by atoms with Gasteiger partial charge in [0.1, 0.15) is 23.8 Å². The number of hydrogen-bond donors (Lipinski definition) is 2. The molecule has 0 aliphatic carbocycles. The fourth-order valence-electron chi connectivity index (χ4n) is 3.31. The molecule has 2 N–H and O–H groups in total. The Kier molecular flexibility index (Phi) is 6.84. The first-order chi connectivity index (χ1) is 16.4. The molecule has 9 heteroatoms. The van der Waals surface area contributed by atoms with Crippen LogP contribution >= 0.6 is 0 Å². The average Bonchev–Trinajstić information content (AvgIpc) is 3.45. The van der Waals surface area contributed by atoms with Crippen LogP contribution in [-0.2, 0) is 17.9 Å². The van der Waals surface area contributed by atoms with Crippen molar-refractivity contribution in [3.05, 3.63) is 89.0 Å². The number of pyridine rings is 1. The normalized spacial score (nSPS) is 10.8. The molecule has 0 spiro atoms. The van der Waals surface area contributed by atoms with Crippen LogP contribution in [0.5, 0.6) is 0 Å². The predicted molar refractivity (Wildman–Crippen MR) is 124 cm³/mol. The summed E-state index contributed by atoms with van der Waals surface area (Å²) in [7, 11) is 1.56. The second-order valence-corrected chi connectivity index (χ2v) is 7.57. The van der Waals surface area contributed by atoms with Crippen LogP contribution in [-0.4, -0.2) is 28.9 Å². The number of anilines is 1. The third-order valence-corrected chi connectivity index (χ3v) is 5.12. The Labute approximate surface area is 196 Å². The van der Waals surface area contributed by atoms with E-state index >= 15 is 0 Å². The number of nitrogens with zero attached hydrogens (tertiary/aromatic N) is 2. The van der Waals surface area contributed by atoms with Crippen molar-refractivity contribution in [2.75, 3.05) is 12.4 Å². The number of furan rings is 1. The maximum atomic E-state index is 12.4. The summed E-state index contributed by atoms with van der Waals surface area (Å²) in [5.41, 5.74) is 3.15. The number of aryl methyl sites for hydroxylation is 2. The molecule has 1 aromatic carbocycles. The summed E-state index contributed by atoms with van der Waals surface area (Å²) < 4.78 is 16.2. The van der Waals surface area contributed by atoms with Gasteiger partial charge in [-0.2, -0.15) is 0 Å². The molecule has 174 valence electrons. The fraction of sp³-hybridized carbons (Fsp3) is 0.200.